The molecule has 0 atom stereocenters. The zero-order valence-electron chi connectivity index (χ0n) is 8.38. The number of alkyl halides is 1. The van der Waals surface area contributed by atoms with E-state index in [1.165, 1.54) is 6.07 Å². The molecule has 0 bridgehead atoms. The minimum absolute atomic E-state index is 0.212. The monoisotopic (exact) mass is 229 g/mol. The summed E-state index contributed by atoms with van der Waals surface area (Å²) in [6, 6.07) is 5.08. The van der Waals surface area contributed by atoms with Crippen LogP contribution in [0.3, 0.4) is 0 Å². The SMILES string of the molecule is Fc1ccc(N2CCOCC2)cc1CCl. The van der Waals surface area contributed by atoms with Gasteiger partial charge in [-0.25, -0.2) is 4.39 Å². The molecule has 2 rings (SSSR count). The summed E-state index contributed by atoms with van der Waals surface area (Å²) in [4.78, 5) is 2.18. The normalized spacial score (nSPS) is 16.8. The molecule has 0 aromatic heterocycles. The Morgan fingerprint density at radius 2 is 2.07 bits per heavy atom. The van der Waals surface area contributed by atoms with Gasteiger partial charge in [-0.1, -0.05) is 0 Å². The van der Waals surface area contributed by atoms with Gasteiger partial charge < -0.3 is 9.64 Å². The first-order valence-corrected chi connectivity index (χ1v) is 5.52. The van der Waals surface area contributed by atoms with E-state index in [-0.39, 0.29) is 11.7 Å². The number of hydrogen-bond acceptors (Lipinski definition) is 2. The number of benzene rings is 1. The Morgan fingerprint density at radius 1 is 1.33 bits per heavy atom. The molecule has 1 fully saturated rings. The van der Waals surface area contributed by atoms with Crippen LogP contribution in [0.4, 0.5) is 10.1 Å². The maximum absolute atomic E-state index is 13.2. The third-order valence-electron chi connectivity index (χ3n) is 2.55. The second kappa shape index (κ2) is 4.81. The molecular formula is C11H13ClFNO. The van der Waals surface area contributed by atoms with Gasteiger partial charge in [0.15, 0.2) is 0 Å². The van der Waals surface area contributed by atoms with E-state index in [0.717, 1.165) is 32.0 Å². The van der Waals surface area contributed by atoms with Gasteiger partial charge in [0.1, 0.15) is 5.82 Å². The van der Waals surface area contributed by atoms with Crippen LogP contribution >= 0.6 is 11.6 Å². The van der Waals surface area contributed by atoms with E-state index in [0.29, 0.717) is 5.56 Å². The Labute approximate surface area is 93.6 Å². The highest BCUT2D eigenvalue weighted by Crippen LogP contribution is 2.21. The molecule has 1 aliphatic rings. The topological polar surface area (TPSA) is 12.5 Å². The van der Waals surface area contributed by atoms with E-state index in [1.807, 2.05) is 6.07 Å². The van der Waals surface area contributed by atoms with Crippen LogP contribution in [-0.4, -0.2) is 26.3 Å². The predicted octanol–water partition coefficient (Wildman–Crippen LogP) is 2.40. The van der Waals surface area contributed by atoms with Crippen LogP contribution in [0.25, 0.3) is 0 Å². The van der Waals surface area contributed by atoms with Gasteiger partial charge in [0.05, 0.1) is 19.1 Å². The van der Waals surface area contributed by atoms with Gasteiger partial charge in [-0.15, -0.1) is 11.6 Å². The lowest BCUT2D eigenvalue weighted by molar-refractivity contribution is 0.122. The standard InChI is InChI=1S/C11H13ClFNO/c12-8-9-7-10(1-2-11(9)13)14-3-5-15-6-4-14/h1-2,7H,3-6,8H2. The first-order chi connectivity index (χ1) is 7.31. The molecule has 0 spiro atoms. The van der Waals surface area contributed by atoms with Gasteiger partial charge in [0.2, 0.25) is 0 Å². The van der Waals surface area contributed by atoms with Crippen LogP contribution in [-0.2, 0) is 10.6 Å². The predicted molar refractivity (Wildman–Crippen MR) is 59.0 cm³/mol. The summed E-state index contributed by atoms with van der Waals surface area (Å²) in [5, 5.41) is 0. The second-order valence-corrected chi connectivity index (χ2v) is 3.78. The van der Waals surface area contributed by atoms with Crippen molar-refractivity contribution in [3.63, 3.8) is 0 Å². The molecule has 0 amide bonds. The molecule has 1 saturated heterocycles. The van der Waals surface area contributed by atoms with Crippen molar-refractivity contribution in [2.45, 2.75) is 5.88 Å². The quantitative estimate of drug-likeness (QED) is 0.723. The van der Waals surface area contributed by atoms with Crippen molar-refractivity contribution >= 4 is 17.3 Å². The fraction of sp³-hybridized carbons (Fsp3) is 0.455. The van der Waals surface area contributed by atoms with Crippen molar-refractivity contribution < 1.29 is 9.13 Å². The average molecular weight is 230 g/mol. The Balaban J connectivity index is 2.20. The van der Waals surface area contributed by atoms with Crippen LogP contribution in [0.5, 0.6) is 0 Å². The van der Waals surface area contributed by atoms with Crippen molar-refractivity contribution in [1.29, 1.82) is 0 Å². The van der Waals surface area contributed by atoms with E-state index >= 15 is 0 Å². The Hall–Kier alpha value is -0.800. The number of rotatable bonds is 2. The summed E-state index contributed by atoms with van der Waals surface area (Å²) in [6.45, 7) is 3.17. The first-order valence-electron chi connectivity index (χ1n) is 4.98. The van der Waals surface area contributed by atoms with Crippen LogP contribution in [0.15, 0.2) is 18.2 Å². The number of anilines is 1. The van der Waals surface area contributed by atoms with E-state index in [2.05, 4.69) is 4.90 Å². The van der Waals surface area contributed by atoms with E-state index in [9.17, 15) is 4.39 Å². The van der Waals surface area contributed by atoms with E-state index < -0.39 is 0 Å². The maximum Gasteiger partial charge on any atom is 0.127 e. The van der Waals surface area contributed by atoms with Gasteiger partial charge in [-0.3, -0.25) is 0 Å². The van der Waals surface area contributed by atoms with Crippen LogP contribution < -0.4 is 4.90 Å². The molecule has 1 heterocycles. The summed E-state index contributed by atoms with van der Waals surface area (Å²) >= 11 is 5.66. The fourth-order valence-electron chi connectivity index (χ4n) is 1.68. The lowest BCUT2D eigenvalue weighted by atomic mass is 10.2. The Kier molecular flexibility index (Phi) is 3.44. The number of halogens is 2. The zero-order valence-corrected chi connectivity index (χ0v) is 9.13. The fourth-order valence-corrected chi connectivity index (χ4v) is 1.89. The minimum atomic E-state index is -0.234. The van der Waals surface area contributed by atoms with Crippen LogP contribution in [0.2, 0.25) is 0 Å². The van der Waals surface area contributed by atoms with Crippen molar-refractivity contribution in [3.8, 4) is 0 Å². The van der Waals surface area contributed by atoms with Crippen molar-refractivity contribution in [1.82, 2.24) is 0 Å². The molecule has 0 aliphatic carbocycles. The lowest BCUT2D eigenvalue weighted by Gasteiger charge is -2.29. The largest absolute Gasteiger partial charge is 0.378 e. The molecule has 1 aromatic rings. The Bertz CT molecular complexity index is 339. The molecule has 0 radical (unpaired) electrons. The lowest BCUT2D eigenvalue weighted by Crippen LogP contribution is -2.36. The third-order valence-corrected chi connectivity index (χ3v) is 2.84. The van der Waals surface area contributed by atoms with Crippen LogP contribution in [0, 0.1) is 5.82 Å². The highest BCUT2D eigenvalue weighted by Gasteiger charge is 2.12. The number of hydrogen-bond donors (Lipinski definition) is 0. The van der Waals surface area contributed by atoms with Crippen molar-refractivity contribution in [2.24, 2.45) is 0 Å². The highest BCUT2D eigenvalue weighted by atomic mass is 35.5. The molecule has 2 nitrogen and oxygen atoms in total. The van der Waals surface area contributed by atoms with E-state index in [4.69, 9.17) is 16.3 Å². The molecule has 4 heteroatoms. The smallest absolute Gasteiger partial charge is 0.127 e. The number of ether oxygens (including phenoxy) is 1. The molecule has 1 aromatic carbocycles. The van der Waals surface area contributed by atoms with Gasteiger partial charge >= 0.3 is 0 Å². The van der Waals surface area contributed by atoms with Crippen LogP contribution in [0.1, 0.15) is 5.56 Å². The summed E-state index contributed by atoms with van der Waals surface area (Å²) in [6.07, 6.45) is 0. The molecule has 0 saturated carbocycles. The van der Waals surface area contributed by atoms with Crippen molar-refractivity contribution in [2.75, 3.05) is 31.2 Å². The third kappa shape index (κ3) is 2.41. The molecule has 0 unspecified atom stereocenters. The summed E-state index contributed by atoms with van der Waals surface area (Å²) in [5.41, 5.74) is 1.58. The number of morpholine rings is 1. The summed E-state index contributed by atoms with van der Waals surface area (Å²) < 4.78 is 18.5. The molecule has 0 N–H and O–H groups in total. The molecular weight excluding hydrogens is 217 g/mol. The minimum Gasteiger partial charge on any atom is -0.378 e. The number of nitrogens with zero attached hydrogens (tertiary/aromatic N) is 1. The molecule has 15 heavy (non-hydrogen) atoms. The Morgan fingerprint density at radius 3 is 2.73 bits per heavy atom. The highest BCUT2D eigenvalue weighted by molar-refractivity contribution is 6.17. The zero-order chi connectivity index (χ0) is 10.7. The van der Waals surface area contributed by atoms with Gasteiger partial charge in [0, 0.05) is 24.3 Å². The van der Waals surface area contributed by atoms with Gasteiger partial charge in [-0.05, 0) is 18.2 Å². The maximum atomic E-state index is 13.2. The van der Waals surface area contributed by atoms with Gasteiger partial charge in [-0.2, -0.15) is 0 Å². The molecule has 1 aliphatic heterocycles. The van der Waals surface area contributed by atoms with Gasteiger partial charge in [0.25, 0.3) is 0 Å². The van der Waals surface area contributed by atoms with E-state index in [1.54, 1.807) is 6.07 Å². The summed E-state index contributed by atoms with van der Waals surface area (Å²) in [5.74, 6) is -0.0219. The second-order valence-electron chi connectivity index (χ2n) is 3.51. The molecule has 82 valence electrons. The van der Waals surface area contributed by atoms with Crippen molar-refractivity contribution in [3.05, 3.63) is 29.6 Å². The summed E-state index contributed by atoms with van der Waals surface area (Å²) in [7, 11) is 0. The first kappa shape index (κ1) is 10.7. The average Bonchev–Trinajstić information content (AvgIpc) is 2.31.